The smallest absolute Gasteiger partial charge is 0.119 e. The van der Waals surface area contributed by atoms with Gasteiger partial charge in [-0.25, -0.2) is 0 Å². The van der Waals surface area contributed by atoms with E-state index in [9.17, 15) is 0 Å². The minimum absolute atomic E-state index is 0.766. The fraction of sp³-hybridized carbons (Fsp3) is 0.333. The van der Waals surface area contributed by atoms with Gasteiger partial charge in [0.2, 0.25) is 0 Å². The molecule has 0 heterocycles. The second-order valence-corrected chi connectivity index (χ2v) is 6.02. The molecule has 0 aliphatic heterocycles. The second kappa shape index (κ2) is 9.48. The maximum atomic E-state index is 5.65. The molecule has 0 saturated heterocycles. The first-order valence-corrected chi connectivity index (χ1v) is 8.42. The molecule has 2 aromatic rings. The van der Waals surface area contributed by atoms with Gasteiger partial charge in [-0.05, 0) is 43.7 Å². The molecule has 0 spiro atoms. The SMILES string of the molecule is Cc1ccccc1SCCNCCCOc1ccccc1. The van der Waals surface area contributed by atoms with Crippen LogP contribution in [0.1, 0.15) is 12.0 Å². The largest absolute Gasteiger partial charge is 0.494 e. The first-order chi connectivity index (χ1) is 10.4. The molecule has 0 radical (unpaired) electrons. The summed E-state index contributed by atoms with van der Waals surface area (Å²) in [6.07, 6.45) is 1.03. The van der Waals surface area contributed by atoms with Crippen molar-refractivity contribution in [2.24, 2.45) is 0 Å². The molecule has 2 rings (SSSR count). The van der Waals surface area contributed by atoms with Crippen LogP contribution >= 0.6 is 11.8 Å². The molecule has 0 aliphatic carbocycles. The van der Waals surface area contributed by atoms with E-state index in [1.807, 2.05) is 42.1 Å². The Morgan fingerprint density at radius 3 is 2.52 bits per heavy atom. The lowest BCUT2D eigenvalue weighted by Gasteiger charge is -2.08. The lowest BCUT2D eigenvalue weighted by atomic mass is 10.2. The van der Waals surface area contributed by atoms with Crippen molar-refractivity contribution in [3.05, 3.63) is 60.2 Å². The maximum absolute atomic E-state index is 5.65. The summed E-state index contributed by atoms with van der Waals surface area (Å²) in [5.41, 5.74) is 1.36. The summed E-state index contributed by atoms with van der Waals surface area (Å²) >= 11 is 1.91. The van der Waals surface area contributed by atoms with Crippen molar-refractivity contribution in [1.82, 2.24) is 5.32 Å². The van der Waals surface area contributed by atoms with Gasteiger partial charge in [0.15, 0.2) is 0 Å². The highest BCUT2D eigenvalue weighted by atomic mass is 32.2. The Labute approximate surface area is 131 Å². The fourth-order valence-corrected chi connectivity index (χ4v) is 2.92. The Morgan fingerprint density at radius 2 is 1.71 bits per heavy atom. The highest BCUT2D eigenvalue weighted by Gasteiger charge is 1.97. The van der Waals surface area contributed by atoms with Crippen LogP contribution in [0.25, 0.3) is 0 Å². The molecular weight excluding hydrogens is 278 g/mol. The Hall–Kier alpha value is -1.45. The molecule has 0 amide bonds. The zero-order valence-electron chi connectivity index (χ0n) is 12.5. The molecule has 0 aliphatic rings. The number of hydrogen-bond donors (Lipinski definition) is 1. The number of nitrogens with one attached hydrogen (secondary N) is 1. The number of para-hydroxylation sites is 1. The predicted octanol–water partition coefficient (Wildman–Crippen LogP) is 4.15. The van der Waals surface area contributed by atoms with Gasteiger partial charge in [0, 0.05) is 17.2 Å². The molecule has 112 valence electrons. The van der Waals surface area contributed by atoms with Crippen molar-refractivity contribution in [3.8, 4) is 5.75 Å². The van der Waals surface area contributed by atoms with Gasteiger partial charge in [-0.3, -0.25) is 0 Å². The lowest BCUT2D eigenvalue weighted by Crippen LogP contribution is -2.20. The van der Waals surface area contributed by atoms with Gasteiger partial charge in [-0.2, -0.15) is 0 Å². The number of thioether (sulfide) groups is 1. The van der Waals surface area contributed by atoms with Crippen molar-refractivity contribution in [3.63, 3.8) is 0 Å². The number of ether oxygens (including phenoxy) is 1. The van der Waals surface area contributed by atoms with Gasteiger partial charge in [0.05, 0.1) is 6.61 Å². The van der Waals surface area contributed by atoms with Crippen LogP contribution in [0.15, 0.2) is 59.5 Å². The molecule has 0 atom stereocenters. The number of hydrogen-bond acceptors (Lipinski definition) is 3. The molecule has 3 heteroatoms. The minimum atomic E-state index is 0.766. The van der Waals surface area contributed by atoms with Crippen LogP contribution in [-0.2, 0) is 0 Å². The summed E-state index contributed by atoms with van der Waals surface area (Å²) in [6.45, 7) is 4.96. The minimum Gasteiger partial charge on any atom is -0.494 e. The molecule has 21 heavy (non-hydrogen) atoms. The van der Waals surface area contributed by atoms with Crippen LogP contribution in [-0.4, -0.2) is 25.4 Å². The summed E-state index contributed by atoms with van der Waals surface area (Å²) < 4.78 is 5.65. The summed E-state index contributed by atoms with van der Waals surface area (Å²) in [6, 6.07) is 18.5. The number of aryl methyl sites for hydroxylation is 1. The van der Waals surface area contributed by atoms with E-state index in [1.54, 1.807) is 0 Å². The zero-order chi connectivity index (χ0) is 14.8. The Bertz CT molecular complexity index is 516. The third kappa shape index (κ3) is 6.23. The zero-order valence-corrected chi connectivity index (χ0v) is 13.4. The first kappa shape index (κ1) is 15.9. The van der Waals surface area contributed by atoms with E-state index < -0.39 is 0 Å². The number of benzene rings is 2. The highest BCUT2D eigenvalue weighted by molar-refractivity contribution is 7.99. The number of rotatable bonds is 9. The normalized spacial score (nSPS) is 10.5. The third-order valence-corrected chi connectivity index (χ3v) is 4.32. The van der Waals surface area contributed by atoms with Crippen molar-refractivity contribution in [1.29, 1.82) is 0 Å². The molecule has 0 bridgehead atoms. The van der Waals surface area contributed by atoms with E-state index in [2.05, 4.69) is 36.5 Å². The van der Waals surface area contributed by atoms with E-state index in [0.29, 0.717) is 0 Å². The van der Waals surface area contributed by atoms with Gasteiger partial charge in [-0.15, -0.1) is 11.8 Å². The average Bonchev–Trinajstić information content (AvgIpc) is 2.52. The molecule has 2 aromatic carbocycles. The Balaban J connectivity index is 1.48. The Kier molecular flexibility index (Phi) is 7.19. The lowest BCUT2D eigenvalue weighted by molar-refractivity contribution is 0.309. The molecule has 0 fully saturated rings. The fourth-order valence-electron chi connectivity index (χ4n) is 1.98. The van der Waals surface area contributed by atoms with E-state index in [1.165, 1.54) is 10.5 Å². The molecular formula is C18H23NOS. The van der Waals surface area contributed by atoms with Crippen LogP contribution in [0.3, 0.4) is 0 Å². The molecule has 0 aromatic heterocycles. The summed E-state index contributed by atoms with van der Waals surface area (Å²) in [5, 5.41) is 3.46. The van der Waals surface area contributed by atoms with Crippen molar-refractivity contribution in [2.75, 3.05) is 25.4 Å². The predicted molar refractivity (Wildman–Crippen MR) is 91.3 cm³/mol. The maximum Gasteiger partial charge on any atom is 0.119 e. The quantitative estimate of drug-likeness (QED) is 0.555. The highest BCUT2D eigenvalue weighted by Crippen LogP contribution is 2.20. The molecule has 0 saturated carbocycles. The van der Waals surface area contributed by atoms with E-state index in [-0.39, 0.29) is 0 Å². The summed E-state index contributed by atoms with van der Waals surface area (Å²) in [7, 11) is 0. The Morgan fingerprint density at radius 1 is 0.952 bits per heavy atom. The van der Waals surface area contributed by atoms with Gasteiger partial charge < -0.3 is 10.1 Å². The first-order valence-electron chi connectivity index (χ1n) is 7.43. The van der Waals surface area contributed by atoms with E-state index >= 15 is 0 Å². The van der Waals surface area contributed by atoms with Gasteiger partial charge >= 0.3 is 0 Å². The van der Waals surface area contributed by atoms with Crippen LogP contribution in [0.2, 0.25) is 0 Å². The van der Waals surface area contributed by atoms with Gasteiger partial charge in [0.1, 0.15) is 5.75 Å². The van der Waals surface area contributed by atoms with E-state index in [0.717, 1.165) is 37.6 Å². The monoisotopic (exact) mass is 301 g/mol. The second-order valence-electron chi connectivity index (χ2n) is 4.88. The van der Waals surface area contributed by atoms with Crippen molar-refractivity contribution >= 4 is 11.8 Å². The topological polar surface area (TPSA) is 21.3 Å². The molecule has 1 N–H and O–H groups in total. The average molecular weight is 301 g/mol. The van der Waals surface area contributed by atoms with Gasteiger partial charge in [0.25, 0.3) is 0 Å². The van der Waals surface area contributed by atoms with Crippen LogP contribution in [0, 0.1) is 6.92 Å². The van der Waals surface area contributed by atoms with E-state index in [4.69, 9.17) is 4.74 Å². The van der Waals surface area contributed by atoms with Crippen molar-refractivity contribution in [2.45, 2.75) is 18.2 Å². The van der Waals surface area contributed by atoms with Crippen molar-refractivity contribution < 1.29 is 4.74 Å². The third-order valence-electron chi connectivity index (χ3n) is 3.14. The molecule has 0 unspecified atom stereocenters. The molecule has 2 nitrogen and oxygen atoms in total. The van der Waals surface area contributed by atoms with Gasteiger partial charge in [-0.1, -0.05) is 36.4 Å². The van der Waals surface area contributed by atoms with Crippen LogP contribution in [0.5, 0.6) is 5.75 Å². The summed E-state index contributed by atoms with van der Waals surface area (Å²) in [5.74, 6) is 2.05. The van der Waals surface area contributed by atoms with Crippen LogP contribution in [0.4, 0.5) is 0 Å². The van der Waals surface area contributed by atoms with Crippen LogP contribution < -0.4 is 10.1 Å². The summed E-state index contributed by atoms with van der Waals surface area (Å²) in [4.78, 5) is 1.38. The standard InChI is InChI=1S/C18H23NOS/c1-16-8-5-6-11-18(16)21-15-13-19-12-7-14-20-17-9-3-2-4-10-17/h2-6,8-11,19H,7,12-15H2,1H3.